The summed E-state index contributed by atoms with van der Waals surface area (Å²) in [6.45, 7) is 5.28. The highest BCUT2D eigenvalue weighted by atomic mass is 32.2. The molecule has 4 amide bonds. The van der Waals surface area contributed by atoms with E-state index < -0.39 is 74.0 Å². The fraction of sp³-hybridized carbons (Fsp3) is 0.532. The van der Waals surface area contributed by atoms with Crippen LogP contribution in [0.15, 0.2) is 59.0 Å². The normalized spacial score (nSPS) is 25.9. The minimum absolute atomic E-state index is 0.0125. The van der Waals surface area contributed by atoms with Gasteiger partial charge in [-0.1, -0.05) is 25.0 Å². The molecule has 5 atom stereocenters. The number of halogens is 1. The number of sulfonamides is 1. The maximum absolute atomic E-state index is 14.8. The number of nitrogens with zero attached hydrogens (tertiary/aromatic N) is 3. The standard InChI is InChI=1S/C47H55FN6O10S/c1-27(2)61-32-18-15-28(16-19-32)40-50-38-34-23-30(48)17-20-37(34)64-39(38)42(51-40)62-33-24-36-41(55)52-47(44(57)53-65(59,60)46(3)21-22-46)25-29(47)11-7-5-4-6-8-14-35(43(56)54(36)26-33)49-45(58)63-31-12-9-10-13-31/h7,11,15-20,23,27,29,31,33,35-36H,4-6,8-10,12-14,21-22,24-26H2,1-3H3,(H,49,58)(H,52,55)(H,53,57)/t29-,33-,35+,36+,47-/m1/s1. The molecule has 3 aliphatic carbocycles. The third-order valence-electron chi connectivity index (χ3n) is 13.3. The molecular formula is C47H55FN6O10S. The summed E-state index contributed by atoms with van der Waals surface area (Å²) in [5, 5.41) is 6.08. The fourth-order valence-electron chi connectivity index (χ4n) is 9.19. The molecule has 3 N–H and O–H groups in total. The van der Waals surface area contributed by atoms with Crippen LogP contribution in [-0.2, 0) is 29.1 Å². The molecular weight excluding hydrogens is 860 g/mol. The van der Waals surface area contributed by atoms with Crippen LogP contribution in [0.4, 0.5) is 9.18 Å². The predicted molar refractivity (Wildman–Crippen MR) is 237 cm³/mol. The molecule has 65 heavy (non-hydrogen) atoms. The molecule has 0 spiro atoms. The number of rotatable bonds is 10. The first-order valence-corrected chi connectivity index (χ1v) is 24.3. The number of hydrogen-bond donors (Lipinski definition) is 3. The van der Waals surface area contributed by atoms with E-state index >= 15 is 0 Å². The van der Waals surface area contributed by atoms with Crippen molar-refractivity contribution < 1.29 is 50.6 Å². The number of amides is 4. The van der Waals surface area contributed by atoms with Crippen molar-refractivity contribution in [1.82, 2.24) is 30.2 Å². The van der Waals surface area contributed by atoms with Gasteiger partial charge in [0.2, 0.25) is 27.4 Å². The Hall–Kier alpha value is -5.78. The van der Waals surface area contributed by atoms with Crippen LogP contribution in [0, 0.1) is 11.7 Å². The van der Waals surface area contributed by atoms with Crippen molar-refractivity contribution in [3.63, 3.8) is 0 Å². The van der Waals surface area contributed by atoms with Gasteiger partial charge in [-0.2, -0.15) is 4.98 Å². The van der Waals surface area contributed by atoms with Gasteiger partial charge < -0.3 is 34.2 Å². The van der Waals surface area contributed by atoms with Crippen molar-refractivity contribution in [2.45, 2.75) is 145 Å². The molecule has 3 saturated carbocycles. The highest BCUT2D eigenvalue weighted by Crippen LogP contribution is 2.48. The minimum Gasteiger partial charge on any atom is -0.491 e. The number of aromatic nitrogens is 2. The number of carbonyl (C=O) groups is 4. The van der Waals surface area contributed by atoms with Crippen LogP contribution in [0.2, 0.25) is 0 Å². The smallest absolute Gasteiger partial charge is 0.408 e. The van der Waals surface area contributed by atoms with E-state index in [0.29, 0.717) is 48.0 Å². The van der Waals surface area contributed by atoms with Crippen LogP contribution in [0.3, 0.4) is 0 Å². The molecule has 1 saturated heterocycles. The zero-order chi connectivity index (χ0) is 45.7. The van der Waals surface area contributed by atoms with E-state index in [4.69, 9.17) is 28.6 Å². The number of hydrogen-bond acceptors (Lipinski definition) is 12. The zero-order valence-electron chi connectivity index (χ0n) is 36.8. The van der Waals surface area contributed by atoms with E-state index in [1.807, 2.05) is 26.0 Å². The largest absolute Gasteiger partial charge is 0.491 e. The van der Waals surface area contributed by atoms with Gasteiger partial charge in [-0.15, -0.1) is 0 Å². The van der Waals surface area contributed by atoms with Gasteiger partial charge in [0.05, 0.1) is 17.4 Å². The van der Waals surface area contributed by atoms with Gasteiger partial charge in [0.1, 0.15) is 52.5 Å². The monoisotopic (exact) mass is 914 g/mol. The summed E-state index contributed by atoms with van der Waals surface area (Å²) in [6.07, 6.45) is 9.13. The molecule has 4 aromatic rings. The third kappa shape index (κ3) is 9.23. The number of nitrogens with one attached hydrogen (secondary N) is 3. The molecule has 0 radical (unpaired) electrons. The second kappa shape index (κ2) is 17.5. The summed E-state index contributed by atoms with van der Waals surface area (Å²) in [7, 11) is -4.05. The SMILES string of the molecule is CC(C)Oc1ccc(-c2nc(O[C@@H]3C[C@H]4C(=O)N[C@]5(C(=O)NS(=O)(=O)C6(C)CC6)C[C@H]5C=CCCCCC[C@H](NC(=O)OC5CCCC5)C(=O)N4C3)c3oc4ccc(F)cc4c3n2)cc1. The van der Waals surface area contributed by atoms with E-state index in [0.717, 1.165) is 38.5 Å². The lowest BCUT2D eigenvalue weighted by Crippen LogP contribution is -2.58. The molecule has 2 aliphatic heterocycles. The average molecular weight is 915 g/mol. The van der Waals surface area contributed by atoms with Gasteiger partial charge >= 0.3 is 6.09 Å². The fourth-order valence-corrected chi connectivity index (χ4v) is 10.5. The first-order valence-electron chi connectivity index (χ1n) is 22.8. The molecule has 2 aromatic heterocycles. The predicted octanol–water partition coefficient (Wildman–Crippen LogP) is 6.75. The average Bonchev–Trinajstić information content (AvgIpc) is 3.93. The Kier molecular flexibility index (Phi) is 12.0. The van der Waals surface area contributed by atoms with E-state index in [2.05, 4.69) is 15.4 Å². The second-order valence-electron chi connectivity index (χ2n) is 18.7. The van der Waals surface area contributed by atoms with Gasteiger partial charge in [-0.3, -0.25) is 19.1 Å². The summed E-state index contributed by atoms with van der Waals surface area (Å²) in [6, 6.07) is 8.92. The number of benzene rings is 2. The number of furan rings is 1. The van der Waals surface area contributed by atoms with Crippen LogP contribution in [0.5, 0.6) is 11.6 Å². The van der Waals surface area contributed by atoms with Crippen molar-refractivity contribution in [2.24, 2.45) is 5.92 Å². The van der Waals surface area contributed by atoms with E-state index in [1.54, 1.807) is 31.2 Å². The molecule has 0 unspecified atom stereocenters. The van der Waals surface area contributed by atoms with E-state index in [9.17, 15) is 32.0 Å². The highest BCUT2D eigenvalue weighted by molar-refractivity contribution is 7.91. The molecule has 0 bridgehead atoms. The van der Waals surface area contributed by atoms with Gasteiger partial charge in [-0.05, 0) is 127 Å². The minimum atomic E-state index is -4.05. The number of ether oxygens (including phenoxy) is 3. The molecule has 16 nitrogen and oxygen atoms in total. The van der Waals surface area contributed by atoms with Crippen LogP contribution in [-0.4, -0.2) is 94.3 Å². The summed E-state index contributed by atoms with van der Waals surface area (Å²) >= 11 is 0. The van der Waals surface area contributed by atoms with Crippen LogP contribution < -0.4 is 24.8 Å². The Morgan fingerprint density at radius 3 is 2.48 bits per heavy atom. The third-order valence-corrected chi connectivity index (χ3v) is 15.5. The Morgan fingerprint density at radius 1 is 0.985 bits per heavy atom. The van der Waals surface area contributed by atoms with E-state index in [-0.39, 0.29) is 60.8 Å². The number of carbonyl (C=O) groups excluding carboxylic acids is 4. The summed E-state index contributed by atoms with van der Waals surface area (Å²) in [5.74, 6) is -2.20. The Labute approximate surface area is 376 Å². The molecule has 4 fully saturated rings. The zero-order valence-corrected chi connectivity index (χ0v) is 37.6. The van der Waals surface area contributed by atoms with Gasteiger partial charge in [0, 0.05) is 23.3 Å². The molecule has 4 heterocycles. The number of alkyl carbamates (subject to hydrolysis) is 1. The lowest BCUT2D eigenvalue weighted by atomic mass is 10.0. The summed E-state index contributed by atoms with van der Waals surface area (Å²) < 4.78 is 66.8. The number of fused-ring (bicyclic) bond motifs is 5. The Morgan fingerprint density at radius 2 is 1.74 bits per heavy atom. The molecule has 9 rings (SSSR count). The van der Waals surface area contributed by atoms with Crippen molar-refractivity contribution in [2.75, 3.05) is 6.54 Å². The molecule has 18 heteroatoms. The maximum Gasteiger partial charge on any atom is 0.408 e. The van der Waals surface area contributed by atoms with Gasteiger partial charge in [0.15, 0.2) is 5.82 Å². The van der Waals surface area contributed by atoms with Crippen molar-refractivity contribution in [3.8, 4) is 23.0 Å². The quantitative estimate of drug-likeness (QED) is 0.141. The first kappa shape index (κ1) is 44.4. The van der Waals surface area contributed by atoms with E-state index in [1.165, 1.54) is 23.1 Å². The summed E-state index contributed by atoms with van der Waals surface area (Å²) in [5.41, 5.74) is -0.253. The molecule has 5 aliphatic rings. The van der Waals surface area contributed by atoms with Crippen LogP contribution in [0.25, 0.3) is 33.5 Å². The van der Waals surface area contributed by atoms with Crippen molar-refractivity contribution in [1.29, 1.82) is 0 Å². The van der Waals surface area contributed by atoms with Gasteiger partial charge in [0.25, 0.3) is 11.8 Å². The lowest BCUT2D eigenvalue weighted by molar-refractivity contribution is -0.141. The Balaban J connectivity index is 1.06. The number of allylic oxidation sites excluding steroid dienone is 1. The maximum atomic E-state index is 14.8. The first-order chi connectivity index (χ1) is 31.1. The van der Waals surface area contributed by atoms with Crippen LogP contribution >= 0.6 is 0 Å². The van der Waals surface area contributed by atoms with Crippen molar-refractivity contribution in [3.05, 3.63) is 60.4 Å². The molecule has 2 aromatic carbocycles. The summed E-state index contributed by atoms with van der Waals surface area (Å²) in [4.78, 5) is 67.8. The van der Waals surface area contributed by atoms with Crippen LogP contribution in [0.1, 0.15) is 104 Å². The second-order valence-corrected chi connectivity index (χ2v) is 20.9. The highest BCUT2D eigenvalue weighted by Gasteiger charge is 2.63. The van der Waals surface area contributed by atoms with Gasteiger partial charge in [-0.25, -0.2) is 22.6 Å². The Bertz CT molecular complexity index is 2640. The molecule has 346 valence electrons. The van der Waals surface area contributed by atoms with Crippen molar-refractivity contribution >= 4 is 55.9 Å². The lowest BCUT2D eigenvalue weighted by Gasteiger charge is -2.30. The topological polar surface area (TPSA) is 208 Å².